The van der Waals surface area contributed by atoms with Crippen molar-refractivity contribution >= 4 is 52.3 Å². The van der Waals surface area contributed by atoms with Gasteiger partial charge in [0, 0.05) is 28.6 Å². The Hall–Kier alpha value is -4.32. The summed E-state index contributed by atoms with van der Waals surface area (Å²) in [6, 6.07) is 40.1. The van der Waals surface area contributed by atoms with E-state index in [0.29, 0.717) is 0 Å². The van der Waals surface area contributed by atoms with Gasteiger partial charge in [0.05, 0.1) is 30.4 Å². The number of para-hydroxylation sites is 5. The van der Waals surface area contributed by atoms with Gasteiger partial charge in [-0.25, -0.2) is 0 Å². The lowest BCUT2D eigenvalue weighted by Gasteiger charge is -2.45. The van der Waals surface area contributed by atoms with Crippen LogP contribution in [0.3, 0.4) is 0 Å². The second-order valence-electron chi connectivity index (χ2n) is 14.0. The number of anilines is 2. The molecule has 0 fully saturated rings. The van der Waals surface area contributed by atoms with E-state index in [4.69, 9.17) is 0 Å². The number of benzene rings is 5. The van der Waals surface area contributed by atoms with E-state index in [1.54, 1.807) is 5.19 Å². The zero-order valence-corrected chi connectivity index (χ0v) is 28.2. The maximum atomic E-state index is 2.71. The van der Waals surface area contributed by atoms with Crippen molar-refractivity contribution in [2.45, 2.75) is 46.6 Å². The molecule has 0 amide bonds. The van der Waals surface area contributed by atoms with Crippen molar-refractivity contribution in [3.05, 3.63) is 131 Å². The zero-order valence-electron chi connectivity index (χ0n) is 27.2. The number of quaternary nitrogens is 1. The molecular weight excluding hydrogens is 565 g/mol. The maximum absolute atomic E-state index is 2.71. The van der Waals surface area contributed by atoms with Crippen LogP contribution in [0, 0.1) is 13.8 Å². The monoisotopic (exact) mass is 607 g/mol. The SMILES string of the molecule is C[N+]1(c2ccccc2)Cc2cccc3c2N(CC3)C1.Cc1cccc(C)c1N1Cn2c3ccccc3c3cccc(c32)[Si]1(C)C. The molecule has 226 valence electrons. The molecule has 0 aliphatic carbocycles. The van der Waals surface area contributed by atoms with Gasteiger partial charge in [-0.1, -0.05) is 91.0 Å². The fourth-order valence-corrected chi connectivity index (χ4v) is 11.5. The van der Waals surface area contributed by atoms with Gasteiger partial charge in [0.25, 0.3) is 0 Å². The minimum absolute atomic E-state index is 0.936. The molecule has 1 atom stereocenters. The third kappa shape index (κ3) is 4.36. The standard InChI is InChI=1S/C23H24N2Si.C17H19N2/c1-16-9-7-10-17(2)22(16)25-15-24-20-13-6-5-11-18(20)19-12-8-14-21(23(19)24)26(25,3)4;1-19(16-8-3-2-4-9-16)12-15-7-5-6-14-10-11-18(13-19)17(14)15/h5-14H,15H2,1-4H3;2-9H,10-13H2,1H3/q;+1. The van der Waals surface area contributed by atoms with Gasteiger partial charge in [-0.15, -0.1) is 0 Å². The summed E-state index contributed by atoms with van der Waals surface area (Å²) in [7, 11) is 0.526. The number of fused-ring (bicyclic) bond motifs is 3. The van der Waals surface area contributed by atoms with Gasteiger partial charge in [-0.3, -0.25) is 4.48 Å². The van der Waals surface area contributed by atoms with Crippen LogP contribution in [0.5, 0.6) is 0 Å². The first kappa shape index (κ1) is 28.2. The summed E-state index contributed by atoms with van der Waals surface area (Å²) in [6.07, 6.45) is 1.21. The second-order valence-corrected chi connectivity index (χ2v) is 18.2. The molecule has 9 rings (SSSR count). The van der Waals surface area contributed by atoms with Crippen LogP contribution in [0.25, 0.3) is 21.8 Å². The molecule has 0 N–H and O–H groups in total. The predicted octanol–water partition coefficient (Wildman–Crippen LogP) is 8.46. The van der Waals surface area contributed by atoms with Gasteiger partial charge in [0.1, 0.15) is 12.2 Å². The van der Waals surface area contributed by atoms with E-state index in [2.05, 4.69) is 157 Å². The van der Waals surface area contributed by atoms with E-state index >= 15 is 0 Å². The molecule has 1 unspecified atom stereocenters. The fraction of sp³-hybridized carbons (Fsp3) is 0.250. The van der Waals surface area contributed by atoms with Gasteiger partial charge in [-0.2, -0.15) is 0 Å². The van der Waals surface area contributed by atoms with Crippen LogP contribution < -0.4 is 19.1 Å². The number of aromatic nitrogens is 1. The summed E-state index contributed by atoms with van der Waals surface area (Å²) < 4.78 is 6.23. The summed E-state index contributed by atoms with van der Waals surface area (Å²) in [5.41, 5.74) is 12.9. The summed E-state index contributed by atoms with van der Waals surface area (Å²) in [5.74, 6) is 0. The summed E-state index contributed by atoms with van der Waals surface area (Å²) in [6.45, 7) is 13.8. The first-order valence-electron chi connectivity index (χ1n) is 16.4. The molecule has 6 aromatic rings. The Bertz CT molecular complexity index is 2060. The molecule has 0 saturated carbocycles. The highest BCUT2D eigenvalue weighted by Crippen LogP contribution is 2.40. The maximum Gasteiger partial charge on any atom is 0.186 e. The topological polar surface area (TPSA) is 11.4 Å². The van der Waals surface area contributed by atoms with Crippen LogP contribution in [0.4, 0.5) is 17.1 Å². The number of nitrogens with zero attached hydrogens (tertiary/aromatic N) is 4. The Morgan fingerprint density at radius 3 is 2.13 bits per heavy atom. The van der Waals surface area contributed by atoms with Crippen LogP contribution in [-0.2, 0) is 19.6 Å². The highest BCUT2D eigenvalue weighted by molar-refractivity contribution is 6.94. The normalized spacial score (nSPS) is 19.4. The van der Waals surface area contributed by atoms with E-state index in [9.17, 15) is 0 Å². The highest BCUT2D eigenvalue weighted by atomic mass is 28.3. The van der Waals surface area contributed by atoms with E-state index in [1.165, 1.54) is 74.1 Å². The van der Waals surface area contributed by atoms with Crippen molar-refractivity contribution in [1.82, 2.24) is 9.05 Å². The predicted molar refractivity (Wildman–Crippen MR) is 195 cm³/mol. The molecule has 5 heteroatoms. The van der Waals surface area contributed by atoms with Crippen LogP contribution >= 0.6 is 0 Å². The Morgan fingerprint density at radius 2 is 1.33 bits per heavy atom. The molecule has 0 radical (unpaired) electrons. The lowest BCUT2D eigenvalue weighted by molar-refractivity contribution is 0.308. The van der Waals surface area contributed by atoms with Crippen LogP contribution in [-0.4, -0.2) is 33.1 Å². The van der Waals surface area contributed by atoms with Crippen molar-refractivity contribution in [3.8, 4) is 0 Å². The number of rotatable bonds is 2. The van der Waals surface area contributed by atoms with Crippen molar-refractivity contribution in [3.63, 3.8) is 0 Å². The van der Waals surface area contributed by atoms with Crippen LogP contribution in [0.1, 0.15) is 22.3 Å². The number of aryl methyl sites for hydroxylation is 2. The molecule has 3 aliphatic heterocycles. The average Bonchev–Trinajstić information content (AvgIpc) is 3.60. The zero-order chi connectivity index (χ0) is 30.9. The van der Waals surface area contributed by atoms with Crippen LogP contribution in [0.2, 0.25) is 13.1 Å². The number of hydrogen-bond donors (Lipinski definition) is 0. The van der Waals surface area contributed by atoms with Crippen molar-refractivity contribution in [2.75, 3.05) is 29.7 Å². The lowest BCUT2D eigenvalue weighted by atomic mass is 10.0. The molecule has 1 aromatic heterocycles. The minimum Gasteiger partial charge on any atom is -0.376 e. The molecule has 0 saturated heterocycles. The van der Waals surface area contributed by atoms with E-state index in [1.807, 2.05) is 0 Å². The highest BCUT2D eigenvalue weighted by Gasteiger charge is 2.40. The van der Waals surface area contributed by atoms with Gasteiger partial charge >= 0.3 is 0 Å². The molecule has 0 bridgehead atoms. The lowest BCUT2D eigenvalue weighted by Crippen LogP contribution is -2.62. The Balaban J connectivity index is 0.000000140. The van der Waals surface area contributed by atoms with E-state index < -0.39 is 8.24 Å². The van der Waals surface area contributed by atoms with Crippen LogP contribution in [0.15, 0.2) is 109 Å². The molecule has 4 heterocycles. The summed E-state index contributed by atoms with van der Waals surface area (Å²) in [5, 5.41) is 4.32. The second kappa shape index (κ2) is 10.4. The smallest absolute Gasteiger partial charge is 0.186 e. The molecule has 0 spiro atoms. The van der Waals surface area contributed by atoms with Gasteiger partial charge in [0.15, 0.2) is 14.9 Å². The number of hydrogen-bond acceptors (Lipinski definition) is 2. The Kier molecular flexibility index (Phi) is 6.49. The van der Waals surface area contributed by atoms with E-state index in [0.717, 1.165) is 24.4 Å². The quantitative estimate of drug-likeness (QED) is 0.145. The third-order valence-electron chi connectivity index (χ3n) is 10.7. The van der Waals surface area contributed by atoms with Gasteiger partial charge in [-0.05, 0) is 73.4 Å². The van der Waals surface area contributed by atoms with Crippen molar-refractivity contribution in [1.29, 1.82) is 0 Å². The minimum atomic E-state index is -1.82. The largest absolute Gasteiger partial charge is 0.376 e. The molecule has 3 aliphatic rings. The Labute approximate surface area is 268 Å². The Morgan fingerprint density at radius 1 is 0.667 bits per heavy atom. The third-order valence-corrected chi connectivity index (χ3v) is 14.1. The first-order chi connectivity index (χ1) is 21.8. The first-order valence-corrected chi connectivity index (χ1v) is 19.3. The molecular formula is C40H43N4Si+. The van der Waals surface area contributed by atoms with Crippen molar-refractivity contribution < 1.29 is 0 Å². The van der Waals surface area contributed by atoms with Gasteiger partial charge < -0.3 is 14.0 Å². The molecule has 4 nitrogen and oxygen atoms in total. The average molecular weight is 608 g/mol. The van der Waals surface area contributed by atoms with Gasteiger partial charge in [0.2, 0.25) is 0 Å². The summed E-state index contributed by atoms with van der Waals surface area (Å²) >= 11 is 0. The summed E-state index contributed by atoms with van der Waals surface area (Å²) in [4.78, 5) is 2.57. The van der Waals surface area contributed by atoms with Crippen molar-refractivity contribution in [2.24, 2.45) is 0 Å². The molecule has 5 aromatic carbocycles. The van der Waals surface area contributed by atoms with E-state index in [-0.39, 0.29) is 0 Å². The molecule has 45 heavy (non-hydrogen) atoms. The fourth-order valence-electron chi connectivity index (χ4n) is 8.45.